The second kappa shape index (κ2) is 6.05. The van der Waals surface area contributed by atoms with E-state index >= 15 is 0 Å². The van der Waals surface area contributed by atoms with Crippen molar-refractivity contribution in [3.63, 3.8) is 0 Å². The van der Waals surface area contributed by atoms with Crippen LogP contribution < -0.4 is 4.72 Å². The summed E-state index contributed by atoms with van der Waals surface area (Å²) in [5.74, 6) is -1.77. The highest BCUT2D eigenvalue weighted by atomic mass is 32.2. The number of carboxylic acid groups (broad SMARTS) is 1. The van der Waals surface area contributed by atoms with Crippen LogP contribution in [0.3, 0.4) is 0 Å². The first-order valence-electron chi connectivity index (χ1n) is 6.70. The van der Waals surface area contributed by atoms with E-state index in [1.165, 1.54) is 19.1 Å². The monoisotopic (exact) mass is 329 g/mol. The molecule has 1 aromatic heterocycles. The van der Waals surface area contributed by atoms with Crippen LogP contribution in [-0.2, 0) is 14.8 Å². The van der Waals surface area contributed by atoms with Crippen molar-refractivity contribution in [2.45, 2.75) is 37.8 Å². The lowest BCUT2D eigenvalue weighted by atomic mass is 10.2. The summed E-state index contributed by atoms with van der Waals surface area (Å²) in [5.41, 5.74) is 0.462. The fourth-order valence-electron chi connectivity index (χ4n) is 2.19. The number of fused-ring (bicyclic) bond motifs is 1. The van der Waals surface area contributed by atoms with Crippen LogP contribution in [0.25, 0.3) is 11.0 Å². The van der Waals surface area contributed by atoms with Crippen LogP contribution in [-0.4, -0.2) is 25.5 Å². The van der Waals surface area contributed by atoms with Crippen LogP contribution >= 0.6 is 0 Å². The third kappa shape index (κ3) is 3.12. The molecule has 0 radical (unpaired) electrons. The van der Waals surface area contributed by atoms with Crippen molar-refractivity contribution < 1.29 is 27.1 Å². The minimum Gasteiger partial charge on any atom is -0.480 e. The number of furan rings is 1. The molecular formula is C14H16FNO5S. The number of carbonyl (C=O) groups is 1. The first-order chi connectivity index (χ1) is 10.3. The second-order valence-electron chi connectivity index (χ2n) is 4.96. The van der Waals surface area contributed by atoms with Crippen LogP contribution in [0.15, 0.2) is 27.7 Å². The molecule has 1 unspecified atom stereocenters. The quantitative estimate of drug-likeness (QED) is 0.848. The Kier molecular flexibility index (Phi) is 4.52. The van der Waals surface area contributed by atoms with E-state index in [1.54, 1.807) is 6.92 Å². The molecule has 0 fully saturated rings. The van der Waals surface area contributed by atoms with Crippen molar-refractivity contribution in [1.29, 1.82) is 0 Å². The molecule has 0 amide bonds. The Labute approximate surface area is 127 Å². The molecule has 0 bridgehead atoms. The number of aliphatic carboxylic acids is 1. The van der Waals surface area contributed by atoms with Gasteiger partial charge >= 0.3 is 5.97 Å². The van der Waals surface area contributed by atoms with E-state index in [-0.39, 0.29) is 17.6 Å². The van der Waals surface area contributed by atoms with Crippen molar-refractivity contribution in [2.24, 2.45) is 0 Å². The highest BCUT2D eigenvalue weighted by molar-refractivity contribution is 7.89. The minimum absolute atomic E-state index is 0.155. The topological polar surface area (TPSA) is 96.6 Å². The summed E-state index contributed by atoms with van der Waals surface area (Å²) in [7, 11) is -4.15. The molecule has 0 spiro atoms. The SMILES string of the molecule is CCCC(NS(=O)(=O)c1oc2ccc(F)cc2c1C)C(=O)O. The van der Waals surface area contributed by atoms with Crippen molar-refractivity contribution in [3.8, 4) is 0 Å². The van der Waals surface area contributed by atoms with Crippen LogP contribution in [0.4, 0.5) is 4.39 Å². The summed E-state index contributed by atoms with van der Waals surface area (Å²) in [6.45, 7) is 3.23. The Hall–Kier alpha value is -1.93. The molecule has 2 N–H and O–H groups in total. The number of benzene rings is 1. The van der Waals surface area contributed by atoms with E-state index in [0.717, 1.165) is 6.07 Å². The van der Waals surface area contributed by atoms with Gasteiger partial charge in [0, 0.05) is 10.9 Å². The van der Waals surface area contributed by atoms with Crippen LogP contribution in [0.2, 0.25) is 0 Å². The Bertz CT molecular complexity index is 812. The molecular weight excluding hydrogens is 313 g/mol. The number of hydrogen-bond acceptors (Lipinski definition) is 4. The zero-order valence-corrected chi connectivity index (χ0v) is 12.9. The number of nitrogens with one attached hydrogen (secondary N) is 1. The zero-order valence-electron chi connectivity index (χ0n) is 12.1. The summed E-state index contributed by atoms with van der Waals surface area (Å²) < 4.78 is 45.3. The van der Waals surface area contributed by atoms with Gasteiger partial charge in [0.25, 0.3) is 10.0 Å². The molecule has 0 aliphatic heterocycles. The van der Waals surface area contributed by atoms with Gasteiger partial charge in [-0.25, -0.2) is 12.8 Å². The van der Waals surface area contributed by atoms with Crippen LogP contribution in [0.5, 0.6) is 0 Å². The Morgan fingerprint density at radius 1 is 1.45 bits per heavy atom. The fourth-order valence-corrected chi connectivity index (χ4v) is 3.60. The first kappa shape index (κ1) is 16.4. The minimum atomic E-state index is -4.15. The molecule has 0 aliphatic carbocycles. The van der Waals surface area contributed by atoms with Gasteiger partial charge in [0.05, 0.1) is 0 Å². The maximum atomic E-state index is 13.3. The number of rotatable bonds is 6. The lowest BCUT2D eigenvalue weighted by molar-refractivity contribution is -0.139. The van der Waals surface area contributed by atoms with Gasteiger partial charge in [-0.1, -0.05) is 13.3 Å². The molecule has 2 rings (SSSR count). The number of hydrogen-bond donors (Lipinski definition) is 2. The summed E-state index contributed by atoms with van der Waals surface area (Å²) in [6, 6.07) is 2.43. The largest absolute Gasteiger partial charge is 0.480 e. The summed E-state index contributed by atoms with van der Waals surface area (Å²) in [6.07, 6.45) is 0.659. The Morgan fingerprint density at radius 3 is 2.73 bits per heavy atom. The van der Waals surface area contributed by atoms with E-state index < -0.39 is 32.9 Å². The number of aryl methyl sites for hydroxylation is 1. The van der Waals surface area contributed by atoms with Gasteiger partial charge < -0.3 is 9.52 Å². The van der Waals surface area contributed by atoms with Gasteiger partial charge in [-0.2, -0.15) is 4.72 Å². The smallest absolute Gasteiger partial charge is 0.321 e. The van der Waals surface area contributed by atoms with Crippen molar-refractivity contribution in [2.75, 3.05) is 0 Å². The zero-order chi connectivity index (χ0) is 16.5. The van der Waals surface area contributed by atoms with E-state index in [1.807, 2.05) is 0 Å². The molecule has 1 atom stereocenters. The van der Waals surface area contributed by atoms with E-state index in [2.05, 4.69) is 4.72 Å². The summed E-state index contributed by atoms with van der Waals surface area (Å²) in [5, 5.41) is 9.00. The normalized spacial score (nSPS) is 13.4. The highest BCUT2D eigenvalue weighted by Gasteiger charge is 2.29. The third-order valence-electron chi connectivity index (χ3n) is 3.27. The maximum Gasteiger partial charge on any atom is 0.321 e. The van der Waals surface area contributed by atoms with Crippen molar-refractivity contribution in [1.82, 2.24) is 4.72 Å². The first-order valence-corrected chi connectivity index (χ1v) is 8.18. The fraction of sp³-hybridized carbons (Fsp3) is 0.357. The van der Waals surface area contributed by atoms with Crippen LogP contribution in [0, 0.1) is 12.7 Å². The lowest BCUT2D eigenvalue weighted by Gasteiger charge is -2.12. The second-order valence-corrected chi connectivity index (χ2v) is 6.57. The molecule has 0 saturated heterocycles. The van der Waals surface area contributed by atoms with Gasteiger partial charge in [0.2, 0.25) is 5.09 Å². The molecule has 1 aromatic carbocycles. The molecule has 22 heavy (non-hydrogen) atoms. The third-order valence-corrected chi connectivity index (χ3v) is 4.74. The highest BCUT2D eigenvalue weighted by Crippen LogP contribution is 2.29. The molecule has 1 heterocycles. The number of halogens is 1. The van der Waals surface area contributed by atoms with Crippen molar-refractivity contribution >= 4 is 27.0 Å². The maximum absolute atomic E-state index is 13.3. The van der Waals surface area contributed by atoms with Crippen LogP contribution in [0.1, 0.15) is 25.3 Å². The number of sulfonamides is 1. The average Bonchev–Trinajstić information content (AvgIpc) is 2.76. The molecule has 0 aliphatic rings. The van der Waals surface area contributed by atoms with Gasteiger partial charge in [-0.05, 0) is 31.5 Å². The van der Waals surface area contributed by atoms with Crippen molar-refractivity contribution in [3.05, 3.63) is 29.6 Å². The molecule has 0 saturated carbocycles. The van der Waals surface area contributed by atoms with Gasteiger partial charge in [0.1, 0.15) is 17.4 Å². The molecule has 120 valence electrons. The van der Waals surface area contributed by atoms with E-state index in [9.17, 15) is 17.6 Å². The Balaban J connectivity index is 2.45. The average molecular weight is 329 g/mol. The summed E-state index contributed by atoms with van der Waals surface area (Å²) in [4.78, 5) is 11.1. The summed E-state index contributed by atoms with van der Waals surface area (Å²) >= 11 is 0. The molecule has 2 aromatic rings. The standard InChI is InChI=1S/C14H16FNO5S/c1-3-4-11(13(17)18)16-22(19,20)14-8(2)10-7-9(15)5-6-12(10)21-14/h5-7,11,16H,3-4H2,1-2H3,(H,17,18). The molecule has 6 nitrogen and oxygen atoms in total. The van der Waals surface area contributed by atoms with E-state index in [0.29, 0.717) is 11.8 Å². The Morgan fingerprint density at radius 2 is 2.14 bits per heavy atom. The lowest BCUT2D eigenvalue weighted by Crippen LogP contribution is -2.40. The number of carboxylic acids is 1. The molecule has 8 heteroatoms. The van der Waals surface area contributed by atoms with E-state index in [4.69, 9.17) is 9.52 Å². The van der Waals surface area contributed by atoms with Gasteiger partial charge in [-0.3, -0.25) is 4.79 Å². The van der Waals surface area contributed by atoms with Gasteiger partial charge in [-0.15, -0.1) is 0 Å². The predicted molar refractivity (Wildman–Crippen MR) is 77.6 cm³/mol. The van der Waals surface area contributed by atoms with Gasteiger partial charge in [0.15, 0.2) is 0 Å². The predicted octanol–water partition coefficient (Wildman–Crippen LogP) is 2.41.